The van der Waals surface area contributed by atoms with Gasteiger partial charge >= 0.3 is 0 Å². The fraction of sp³-hybridized carbons (Fsp3) is 0.100. The van der Waals surface area contributed by atoms with Crippen LogP contribution in [0.5, 0.6) is 0 Å². The first-order chi connectivity index (χ1) is 12.2. The van der Waals surface area contributed by atoms with Crippen molar-refractivity contribution in [2.75, 3.05) is 0 Å². The summed E-state index contributed by atoms with van der Waals surface area (Å²) in [7, 11) is 0. The topological polar surface area (TPSA) is 38.9 Å². The van der Waals surface area contributed by atoms with Crippen molar-refractivity contribution in [3.05, 3.63) is 71.4 Å². The molecule has 0 aliphatic rings. The highest BCUT2D eigenvalue weighted by Crippen LogP contribution is 2.42. The largest absolute Gasteiger partial charge is 0.437 e. The minimum absolute atomic E-state index is 0.283. The summed E-state index contributed by atoms with van der Waals surface area (Å²) >= 11 is 6.31. The van der Waals surface area contributed by atoms with E-state index in [1.807, 2.05) is 24.3 Å². The number of furan rings is 1. The Hall–Kier alpha value is -2.72. The Morgan fingerprint density at radius 3 is 2.52 bits per heavy atom. The van der Waals surface area contributed by atoms with Crippen LogP contribution in [0.2, 0.25) is 5.15 Å². The molecular weight excluding hydrogens is 339 g/mol. The van der Waals surface area contributed by atoms with Crippen LogP contribution >= 0.6 is 11.6 Å². The van der Waals surface area contributed by atoms with E-state index in [1.165, 1.54) is 18.0 Å². The van der Waals surface area contributed by atoms with Crippen molar-refractivity contribution in [1.29, 1.82) is 0 Å². The van der Waals surface area contributed by atoms with Crippen LogP contribution in [0.15, 0.2) is 59.3 Å². The van der Waals surface area contributed by atoms with Crippen LogP contribution in [0.25, 0.3) is 33.6 Å². The van der Waals surface area contributed by atoms with Gasteiger partial charge in [-0.25, -0.2) is 14.4 Å². The summed E-state index contributed by atoms with van der Waals surface area (Å²) in [6.45, 7) is 2.09. The van der Waals surface area contributed by atoms with Crippen LogP contribution in [0, 0.1) is 5.82 Å². The first-order valence-electron chi connectivity index (χ1n) is 7.96. The molecule has 0 aliphatic carbocycles. The van der Waals surface area contributed by atoms with Crippen molar-refractivity contribution in [3.63, 3.8) is 0 Å². The number of rotatable bonds is 3. The molecule has 4 rings (SSSR count). The van der Waals surface area contributed by atoms with Gasteiger partial charge in [-0.2, -0.15) is 0 Å². The summed E-state index contributed by atoms with van der Waals surface area (Å²) in [4.78, 5) is 8.21. The summed E-state index contributed by atoms with van der Waals surface area (Å²) in [6.07, 6.45) is 2.28. The lowest BCUT2D eigenvalue weighted by Gasteiger charge is -2.06. The predicted molar refractivity (Wildman–Crippen MR) is 97.0 cm³/mol. The van der Waals surface area contributed by atoms with Gasteiger partial charge in [0.1, 0.15) is 23.1 Å². The molecule has 0 N–H and O–H groups in total. The van der Waals surface area contributed by atoms with Crippen molar-refractivity contribution in [2.24, 2.45) is 0 Å². The minimum Gasteiger partial charge on any atom is -0.437 e. The Kier molecular flexibility index (Phi) is 3.98. The van der Waals surface area contributed by atoms with Gasteiger partial charge in [-0.05, 0) is 29.7 Å². The molecule has 0 aliphatic heterocycles. The maximum Gasteiger partial charge on any atom is 0.231 e. The monoisotopic (exact) mass is 352 g/mol. The number of aromatic nitrogens is 2. The smallest absolute Gasteiger partial charge is 0.231 e. The third-order valence-corrected chi connectivity index (χ3v) is 4.50. The molecule has 0 spiro atoms. The molecule has 2 aromatic heterocycles. The molecule has 0 radical (unpaired) electrons. The lowest BCUT2D eigenvalue weighted by atomic mass is 9.98. The molecule has 0 bridgehead atoms. The van der Waals surface area contributed by atoms with Gasteiger partial charge in [0, 0.05) is 5.56 Å². The minimum atomic E-state index is -0.364. The van der Waals surface area contributed by atoms with Crippen LogP contribution in [-0.4, -0.2) is 9.97 Å². The first-order valence-corrected chi connectivity index (χ1v) is 8.34. The van der Waals surface area contributed by atoms with Gasteiger partial charge in [-0.3, -0.25) is 0 Å². The summed E-state index contributed by atoms with van der Waals surface area (Å²) in [5, 5.41) is 0.873. The summed E-state index contributed by atoms with van der Waals surface area (Å²) < 4.78 is 20.3. The molecule has 25 heavy (non-hydrogen) atoms. The Morgan fingerprint density at radius 2 is 1.80 bits per heavy atom. The van der Waals surface area contributed by atoms with E-state index in [-0.39, 0.29) is 11.0 Å². The molecule has 0 unspecified atom stereocenters. The second-order valence-electron chi connectivity index (χ2n) is 5.68. The molecule has 4 aromatic rings. The third-order valence-electron chi connectivity index (χ3n) is 4.21. The average molecular weight is 353 g/mol. The lowest BCUT2D eigenvalue weighted by molar-refractivity contribution is 0.595. The quantitative estimate of drug-likeness (QED) is 0.430. The number of aryl methyl sites for hydroxylation is 1. The summed E-state index contributed by atoms with van der Waals surface area (Å²) in [6, 6.07) is 14.5. The maximum absolute atomic E-state index is 14.4. The van der Waals surface area contributed by atoms with Crippen molar-refractivity contribution in [1.82, 2.24) is 9.97 Å². The van der Waals surface area contributed by atoms with E-state index in [2.05, 4.69) is 16.9 Å². The molecule has 2 aromatic carbocycles. The van der Waals surface area contributed by atoms with Gasteiger partial charge in [0.25, 0.3) is 0 Å². The van der Waals surface area contributed by atoms with Gasteiger partial charge < -0.3 is 4.42 Å². The van der Waals surface area contributed by atoms with Gasteiger partial charge in [0.05, 0.1) is 10.9 Å². The van der Waals surface area contributed by atoms with Crippen LogP contribution in [0.4, 0.5) is 4.39 Å². The molecule has 0 amide bonds. The maximum atomic E-state index is 14.4. The zero-order valence-corrected chi connectivity index (χ0v) is 14.2. The van der Waals surface area contributed by atoms with Crippen LogP contribution < -0.4 is 0 Å². The van der Waals surface area contributed by atoms with Crippen LogP contribution in [0.3, 0.4) is 0 Å². The van der Waals surface area contributed by atoms with Gasteiger partial charge in [0.15, 0.2) is 0 Å². The van der Waals surface area contributed by atoms with Crippen molar-refractivity contribution in [3.8, 4) is 22.5 Å². The van der Waals surface area contributed by atoms with Gasteiger partial charge in [-0.1, -0.05) is 54.9 Å². The molecule has 124 valence electrons. The Balaban J connectivity index is 2.06. The van der Waals surface area contributed by atoms with E-state index in [0.717, 1.165) is 12.0 Å². The first kappa shape index (κ1) is 15.8. The lowest BCUT2D eigenvalue weighted by Crippen LogP contribution is -1.87. The molecule has 2 heterocycles. The standard InChI is InChI=1S/C20H14ClFN2O/c1-2-12-7-9-13(10-8-12)16-17-19(21)23-11-24-20(17)25-18(16)14-5-3-4-6-15(14)22/h3-11H,2H2,1H3. The second-order valence-corrected chi connectivity index (χ2v) is 6.04. The van der Waals surface area contributed by atoms with E-state index in [4.69, 9.17) is 16.0 Å². The third kappa shape index (κ3) is 2.68. The van der Waals surface area contributed by atoms with E-state index in [1.54, 1.807) is 18.2 Å². The molecular formula is C20H14ClFN2O. The molecule has 0 atom stereocenters. The number of halogens is 2. The Morgan fingerprint density at radius 1 is 1.04 bits per heavy atom. The SMILES string of the molecule is CCc1ccc(-c2c(-c3ccccc3F)oc3ncnc(Cl)c23)cc1. The predicted octanol–water partition coefficient (Wildman–Crippen LogP) is 5.91. The van der Waals surface area contributed by atoms with Crippen LogP contribution in [0.1, 0.15) is 12.5 Å². The van der Waals surface area contributed by atoms with E-state index < -0.39 is 0 Å². The second kappa shape index (κ2) is 6.30. The normalized spacial score (nSPS) is 11.2. The molecule has 0 fully saturated rings. The van der Waals surface area contributed by atoms with Gasteiger partial charge in [0.2, 0.25) is 5.71 Å². The molecule has 0 saturated heterocycles. The summed E-state index contributed by atoms with van der Waals surface area (Å²) in [5.41, 5.74) is 3.50. The fourth-order valence-electron chi connectivity index (χ4n) is 2.92. The Labute approximate surface area is 149 Å². The van der Waals surface area contributed by atoms with Crippen molar-refractivity contribution in [2.45, 2.75) is 13.3 Å². The van der Waals surface area contributed by atoms with Crippen molar-refractivity contribution < 1.29 is 8.81 Å². The number of hydrogen-bond acceptors (Lipinski definition) is 3. The number of nitrogens with zero attached hydrogens (tertiary/aromatic N) is 2. The number of benzene rings is 2. The average Bonchev–Trinajstić information content (AvgIpc) is 3.03. The molecule has 5 heteroatoms. The van der Waals surface area contributed by atoms with E-state index in [9.17, 15) is 4.39 Å². The number of fused-ring (bicyclic) bond motifs is 1. The van der Waals surface area contributed by atoms with Gasteiger partial charge in [-0.15, -0.1) is 0 Å². The fourth-order valence-corrected chi connectivity index (χ4v) is 3.13. The van der Waals surface area contributed by atoms with E-state index in [0.29, 0.717) is 28.0 Å². The van der Waals surface area contributed by atoms with E-state index >= 15 is 0 Å². The Bertz CT molecular complexity index is 1060. The van der Waals surface area contributed by atoms with Crippen LogP contribution in [-0.2, 0) is 6.42 Å². The zero-order valence-electron chi connectivity index (χ0n) is 13.5. The highest BCUT2D eigenvalue weighted by molar-refractivity contribution is 6.35. The summed E-state index contributed by atoms with van der Waals surface area (Å²) in [5.74, 6) is 0.0387. The highest BCUT2D eigenvalue weighted by atomic mass is 35.5. The molecule has 3 nitrogen and oxygen atoms in total. The van der Waals surface area contributed by atoms with Crippen molar-refractivity contribution >= 4 is 22.7 Å². The number of hydrogen-bond donors (Lipinski definition) is 0. The highest BCUT2D eigenvalue weighted by Gasteiger charge is 2.23. The zero-order chi connectivity index (χ0) is 17.4. The molecule has 0 saturated carbocycles.